The number of H-pyrrole nitrogens is 1. The monoisotopic (exact) mass is 358 g/mol. The largest absolute Gasteiger partial charge is 0.417 e. The minimum atomic E-state index is -4.48. The van der Waals surface area contributed by atoms with Crippen molar-refractivity contribution in [3.05, 3.63) is 40.3 Å². The quantitative estimate of drug-likeness (QED) is 0.823. The number of rotatable bonds is 3. The van der Waals surface area contributed by atoms with Crippen LogP contribution in [0, 0.1) is 11.3 Å². The number of aromatic amines is 1. The van der Waals surface area contributed by atoms with Gasteiger partial charge in [-0.1, -0.05) is 15.9 Å². The molecule has 0 unspecified atom stereocenters. The van der Waals surface area contributed by atoms with Gasteiger partial charge in [0.15, 0.2) is 0 Å². The van der Waals surface area contributed by atoms with Gasteiger partial charge in [0.05, 0.1) is 5.56 Å². The van der Waals surface area contributed by atoms with Crippen LogP contribution in [0.5, 0.6) is 0 Å². The van der Waals surface area contributed by atoms with E-state index in [4.69, 9.17) is 5.26 Å². The van der Waals surface area contributed by atoms with E-state index in [-0.39, 0.29) is 21.6 Å². The van der Waals surface area contributed by atoms with Gasteiger partial charge in [-0.05, 0) is 23.4 Å². The Morgan fingerprint density at radius 2 is 2.19 bits per heavy atom. The highest BCUT2D eigenvalue weighted by atomic mass is 79.9. The van der Waals surface area contributed by atoms with Gasteiger partial charge >= 0.3 is 6.18 Å². The second-order valence-corrected chi connectivity index (χ2v) is 4.60. The highest BCUT2D eigenvalue weighted by molar-refractivity contribution is 9.10. The van der Waals surface area contributed by atoms with Crippen LogP contribution in [0.3, 0.4) is 0 Å². The third kappa shape index (κ3) is 3.57. The van der Waals surface area contributed by atoms with Crippen LogP contribution in [0.4, 0.5) is 18.9 Å². The molecule has 10 heteroatoms. The number of tetrazole rings is 1. The zero-order valence-corrected chi connectivity index (χ0v) is 11.7. The van der Waals surface area contributed by atoms with Crippen molar-refractivity contribution in [2.45, 2.75) is 6.18 Å². The van der Waals surface area contributed by atoms with Crippen LogP contribution < -0.4 is 5.32 Å². The van der Waals surface area contributed by atoms with E-state index < -0.39 is 11.7 Å². The van der Waals surface area contributed by atoms with E-state index in [2.05, 4.69) is 41.9 Å². The van der Waals surface area contributed by atoms with E-state index in [0.29, 0.717) is 0 Å². The van der Waals surface area contributed by atoms with Crippen LogP contribution in [-0.4, -0.2) is 20.6 Å². The lowest BCUT2D eigenvalue weighted by atomic mass is 10.2. The van der Waals surface area contributed by atoms with Gasteiger partial charge in [0.25, 0.3) is 0 Å². The number of anilines is 1. The van der Waals surface area contributed by atoms with Crippen molar-refractivity contribution in [1.82, 2.24) is 20.6 Å². The van der Waals surface area contributed by atoms with Crippen molar-refractivity contribution in [3.8, 4) is 6.07 Å². The van der Waals surface area contributed by atoms with Crippen LogP contribution in [0.1, 0.15) is 11.4 Å². The van der Waals surface area contributed by atoms with Gasteiger partial charge in [-0.25, -0.2) is 0 Å². The highest BCUT2D eigenvalue weighted by Gasteiger charge is 2.33. The molecule has 0 amide bonds. The summed E-state index contributed by atoms with van der Waals surface area (Å²) in [6.45, 7) is 0. The van der Waals surface area contributed by atoms with Crippen LogP contribution >= 0.6 is 15.9 Å². The molecule has 2 rings (SSSR count). The number of hydrogen-bond acceptors (Lipinski definition) is 5. The fourth-order valence-electron chi connectivity index (χ4n) is 1.41. The summed E-state index contributed by atoms with van der Waals surface area (Å²) in [7, 11) is 0. The van der Waals surface area contributed by atoms with Crippen LogP contribution in [0.25, 0.3) is 5.57 Å². The summed E-state index contributed by atoms with van der Waals surface area (Å²) in [4.78, 5) is 0. The van der Waals surface area contributed by atoms with E-state index >= 15 is 0 Å². The second kappa shape index (κ2) is 5.92. The number of alkyl halides is 3. The first-order chi connectivity index (χ1) is 9.91. The number of nitrogens with one attached hydrogen (secondary N) is 2. The molecule has 1 aromatic heterocycles. The first kappa shape index (κ1) is 15.0. The Morgan fingerprint density at radius 1 is 1.43 bits per heavy atom. The van der Waals surface area contributed by atoms with Gasteiger partial charge in [0, 0.05) is 16.4 Å². The molecule has 1 heterocycles. The van der Waals surface area contributed by atoms with Crippen molar-refractivity contribution in [2.24, 2.45) is 0 Å². The number of allylic oxidation sites excluding steroid dienone is 1. The Balaban J connectivity index is 2.27. The molecule has 0 bridgehead atoms. The maximum atomic E-state index is 12.8. The lowest BCUT2D eigenvalue weighted by Crippen LogP contribution is -2.06. The summed E-state index contributed by atoms with van der Waals surface area (Å²) in [6.07, 6.45) is -3.28. The lowest BCUT2D eigenvalue weighted by molar-refractivity contribution is -0.138. The first-order valence-electron chi connectivity index (χ1n) is 5.39. The summed E-state index contributed by atoms with van der Waals surface area (Å²) in [5, 5.41) is 24.2. The molecule has 21 heavy (non-hydrogen) atoms. The van der Waals surface area contributed by atoms with E-state index in [0.717, 1.165) is 6.07 Å². The summed E-state index contributed by atoms with van der Waals surface area (Å²) >= 11 is 2.84. The predicted molar refractivity (Wildman–Crippen MR) is 70.5 cm³/mol. The van der Waals surface area contributed by atoms with Crippen LogP contribution in [0.15, 0.2) is 28.9 Å². The maximum absolute atomic E-state index is 12.8. The van der Waals surface area contributed by atoms with E-state index in [1.165, 1.54) is 18.3 Å². The molecular formula is C11H6BrF3N6. The summed E-state index contributed by atoms with van der Waals surface area (Å²) < 4.78 is 38.2. The highest BCUT2D eigenvalue weighted by Crippen LogP contribution is 2.36. The van der Waals surface area contributed by atoms with E-state index in [9.17, 15) is 13.2 Å². The summed E-state index contributed by atoms with van der Waals surface area (Å²) in [6, 6.07) is 5.43. The van der Waals surface area contributed by atoms with Gasteiger partial charge < -0.3 is 5.32 Å². The Hall–Kier alpha value is -2.41. The third-order valence-electron chi connectivity index (χ3n) is 2.36. The number of benzene rings is 1. The minimum Gasteiger partial charge on any atom is -0.360 e. The Labute approximate surface area is 124 Å². The molecule has 0 saturated carbocycles. The van der Waals surface area contributed by atoms with Crippen LogP contribution in [0.2, 0.25) is 0 Å². The van der Waals surface area contributed by atoms with Crippen molar-refractivity contribution in [3.63, 3.8) is 0 Å². The normalized spacial score (nSPS) is 12.0. The SMILES string of the molecule is N#CC(=CNc1ccc(Br)c(C(F)(F)F)c1)c1nn[nH]n1. The predicted octanol–water partition coefficient (Wildman–Crippen LogP) is 2.96. The zero-order valence-electron chi connectivity index (χ0n) is 10.1. The van der Waals surface area contributed by atoms with Crippen molar-refractivity contribution >= 4 is 27.2 Å². The molecule has 0 spiro atoms. The van der Waals surface area contributed by atoms with Gasteiger partial charge in [0.1, 0.15) is 11.6 Å². The van der Waals surface area contributed by atoms with E-state index in [1.54, 1.807) is 0 Å². The molecule has 0 fully saturated rings. The molecule has 0 aliphatic heterocycles. The van der Waals surface area contributed by atoms with Gasteiger partial charge in [-0.15, -0.1) is 10.2 Å². The molecule has 0 aliphatic rings. The van der Waals surface area contributed by atoms with Crippen molar-refractivity contribution in [1.29, 1.82) is 5.26 Å². The molecule has 2 aromatic rings. The number of nitrogens with zero attached hydrogens (tertiary/aromatic N) is 4. The van der Waals surface area contributed by atoms with E-state index in [1.807, 2.05) is 6.07 Å². The third-order valence-corrected chi connectivity index (χ3v) is 3.05. The smallest absolute Gasteiger partial charge is 0.360 e. The topological polar surface area (TPSA) is 90.3 Å². The maximum Gasteiger partial charge on any atom is 0.417 e. The molecule has 0 saturated heterocycles. The molecule has 1 aromatic carbocycles. The van der Waals surface area contributed by atoms with Gasteiger partial charge in [-0.3, -0.25) is 0 Å². The Bertz CT molecular complexity index is 702. The standard InChI is InChI=1S/C11H6BrF3N6/c12-9-2-1-7(3-8(9)11(13,14)15)17-5-6(4-16)10-18-20-21-19-10/h1-3,5,17H,(H,18,19,20,21). The lowest BCUT2D eigenvalue weighted by Gasteiger charge is -2.11. The summed E-state index contributed by atoms with van der Waals surface area (Å²) in [5.41, 5.74) is -0.624. The molecular weight excluding hydrogens is 353 g/mol. The summed E-state index contributed by atoms with van der Waals surface area (Å²) in [5.74, 6) is 0.0400. The number of halogens is 4. The minimum absolute atomic E-state index is 0.0280. The average molecular weight is 359 g/mol. The average Bonchev–Trinajstić information content (AvgIpc) is 2.94. The van der Waals surface area contributed by atoms with Crippen molar-refractivity contribution in [2.75, 3.05) is 5.32 Å². The molecule has 108 valence electrons. The molecule has 0 atom stereocenters. The number of hydrogen-bond donors (Lipinski definition) is 2. The fraction of sp³-hybridized carbons (Fsp3) is 0.0909. The number of aromatic nitrogens is 4. The number of nitriles is 1. The first-order valence-corrected chi connectivity index (χ1v) is 6.18. The fourth-order valence-corrected chi connectivity index (χ4v) is 1.88. The van der Waals surface area contributed by atoms with Gasteiger partial charge in [0.2, 0.25) is 5.82 Å². The molecule has 6 nitrogen and oxygen atoms in total. The molecule has 0 aliphatic carbocycles. The van der Waals surface area contributed by atoms with Crippen molar-refractivity contribution < 1.29 is 13.2 Å². The Kier molecular flexibility index (Phi) is 4.23. The van der Waals surface area contributed by atoms with Gasteiger partial charge in [-0.2, -0.15) is 23.6 Å². The molecule has 2 N–H and O–H groups in total. The zero-order chi connectivity index (χ0) is 15.5. The Morgan fingerprint density at radius 3 is 2.76 bits per heavy atom. The van der Waals surface area contributed by atoms with Crippen LogP contribution in [-0.2, 0) is 6.18 Å². The second-order valence-electron chi connectivity index (χ2n) is 3.74. The molecule has 0 radical (unpaired) electrons.